The van der Waals surface area contributed by atoms with Crippen molar-refractivity contribution in [3.63, 3.8) is 0 Å². The first kappa shape index (κ1) is 23.2. The fourth-order valence-corrected chi connectivity index (χ4v) is 3.36. The summed E-state index contributed by atoms with van der Waals surface area (Å²) in [6.45, 7) is 6.74. The van der Waals surface area contributed by atoms with Gasteiger partial charge < -0.3 is 15.4 Å². The summed E-state index contributed by atoms with van der Waals surface area (Å²) in [4.78, 5) is 10.3. The van der Waals surface area contributed by atoms with E-state index in [4.69, 9.17) is 4.74 Å². The number of ether oxygens (including phenoxy) is 1. The number of rotatable bonds is 8. The van der Waals surface area contributed by atoms with Crippen molar-refractivity contribution in [2.45, 2.75) is 33.5 Å². The molecule has 2 aromatic carbocycles. The molecule has 0 bridgehead atoms. The molecule has 3 rings (SSSR count). The standard InChI is InChI=1S/C22H26N4OS.HI/c1-3-23-22(26-15-21-24-13-17(2)28-21)25-14-19-10-7-11-20(12-19)27-16-18-8-5-4-6-9-18;/h4-13H,3,14-16H2,1-2H3,(H2,23,25,26);1H. The summed E-state index contributed by atoms with van der Waals surface area (Å²) in [5.74, 6) is 1.64. The first-order valence-electron chi connectivity index (χ1n) is 9.42. The third-order valence-corrected chi connectivity index (χ3v) is 4.90. The summed E-state index contributed by atoms with van der Waals surface area (Å²) >= 11 is 1.69. The molecular formula is C22H27IN4OS. The van der Waals surface area contributed by atoms with Gasteiger partial charge in [0.05, 0.1) is 13.1 Å². The number of aromatic nitrogens is 1. The van der Waals surface area contributed by atoms with E-state index in [0.717, 1.165) is 34.4 Å². The van der Waals surface area contributed by atoms with Gasteiger partial charge in [0.2, 0.25) is 0 Å². The molecular weight excluding hydrogens is 495 g/mol. The molecule has 0 atom stereocenters. The highest BCUT2D eigenvalue weighted by Crippen LogP contribution is 2.16. The van der Waals surface area contributed by atoms with Gasteiger partial charge in [0, 0.05) is 17.6 Å². The van der Waals surface area contributed by atoms with Crippen LogP contribution in [-0.2, 0) is 19.7 Å². The van der Waals surface area contributed by atoms with Gasteiger partial charge in [-0.25, -0.2) is 9.98 Å². The lowest BCUT2D eigenvalue weighted by atomic mass is 10.2. The summed E-state index contributed by atoms with van der Waals surface area (Å²) in [5.41, 5.74) is 2.26. The highest BCUT2D eigenvalue weighted by Gasteiger charge is 2.03. The van der Waals surface area contributed by atoms with E-state index in [0.29, 0.717) is 19.7 Å². The van der Waals surface area contributed by atoms with Gasteiger partial charge in [-0.1, -0.05) is 42.5 Å². The summed E-state index contributed by atoms with van der Waals surface area (Å²) in [6, 6.07) is 18.3. The Kier molecular flexibility index (Phi) is 9.93. The Hall–Kier alpha value is -2.13. The number of hydrogen-bond acceptors (Lipinski definition) is 4. The summed E-state index contributed by atoms with van der Waals surface area (Å²) < 4.78 is 5.91. The van der Waals surface area contributed by atoms with Gasteiger partial charge in [0.15, 0.2) is 5.96 Å². The van der Waals surface area contributed by atoms with Gasteiger partial charge in [0.1, 0.15) is 17.4 Å². The molecule has 0 aliphatic heterocycles. The van der Waals surface area contributed by atoms with Crippen LogP contribution in [0.15, 0.2) is 65.8 Å². The predicted molar refractivity (Wildman–Crippen MR) is 131 cm³/mol. The lowest BCUT2D eigenvalue weighted by Crippen LogP contribution is -2.36. The number of benzene rings is 2. The third kappa shape index (κ3) is 8.02. The molecule has 0 fully saturated rings. The molecule has 0 radical (unpaired) electrons. The van der Waals surface area contributed by atoms with Crippen LogP contribution in [0.25, 0.3) is 0 Å². The van der Waals surface area contributed by atoms with Crippen LogP contribution in [0.4, 0.5) is 0 Å². The molecule has 5 nitrogen and oxygen atoms in total. The number of aliphatic imine (C=N–C) groups is 1. The quantitative estimate of drug-likeness (QED) is 0.251. The van der Waals surface area contributed by atoms with Crippen molar-refractivity contribution in [1.29, 1.82) is 0 Å². The second kappa shape index (κ2) is 12.4. The van der Waals surface area contributed by atoms with E-state index in [-0.39, 0.29) is 24.0 Å². The zero-order chi connectivity index (χ0) is 19.6. The van der Waals surface area contributed by atoms with E-state index in [9.17, 15) is 0 Å². The molecule has 0 amide bonds. The summed E-state index contributed by atoms with van der Waals surface area (Å²) in [7, 11) is 0. The Morgan fingerprint density at radius 2 is 1.86 bits per heavy atom. The van der Waals surface area contributed by atoms with Crippen LogP contribution >= 0.6 is 35.3 Å². The zero-order valence-corrected chi connectivity index (χ0v) is 19.9. The van der Waals surface area contributed by atoms with Crippen molar-refractivity contribution in [2.24, 2.45) is 4.99 Å². The minimum Gasteiger partial charge on any atom is -0.489 e. The van der Waals surface area contributed by atoms with Gasteiger partial charge in [-0.15, -0.1) is 35.3 Å². The molecule has 0 unspecified atom stereocenters. The Bertz CT molecular complexity index is 899. The number of thiazole rings is 1. The molecule has 1 aromatic heterocycles. The van der Waals surface area contributed by atoms with Gasteiger partial charge >= 0.3 is 0 Å². The van der Waals surface area contributed by atoms with E-state index >= 15 is 0 Å². The monoisotopic (exact) mass is 522 g/mol. The average molecular weight is 522 g/mol. The molecule has 0 saturated heterocycles. The van der Waals surface area contributed by atoms with Gasteiger partial charge in [-0.2, -0.15) is 0 Å². The van der Waals surface area contributed by atoms with Crippen LogP contribution in [0.3, 0.4) is 0 Å². The Morgan fingerprint density at radius 3 is 2.59 bits per heavy atom. The topological polar surface area (TPSA) is 58.5 Å². The smallest absolute Gasteiger partial charge is 0.191 e. The van der Waals surface area contributed by atoms with Crippen LogP contribution in [0.2, 0.25) is 0 Å². The van der Waals surface area contributed by atoms with Crippen molar-refractivity contribution >= 4 is 41.3 Å². The van der Waals surface area contributed by atoms with Crippen molar-refractivity contribution in [2.75, 3.05) is 6.54 Å². The number of halogens is 1. The minimum atomic E-state index is 0. The van der Waals surface area contributed by atoms with E-state index in [2.05, 4.69) is 52.7 Å². The van der Waals surface area contributed by atoms with Crippen molar-refractivity contribution in [3.8, 4) is 5.75 Å². The number of nitrogens with zero attached hydrogens (tertiary/aromatic N) is 2. The highest BCUT2D eigenvalue weighted by molar-refractivity contribution is 14.0. The molecule has 7 heteroatoms. The molecule has 29 heavy (non-hydrogen) atoms. The Balaban J connectivity index is 0.00000300. The summed E-state index contributed by atoms with van der Waals surface area (Å²) in [5, 5.41) is 7.67. The second-order valence-electron chi connectivity index (χ2n) is 6.34. The number of guanidine groups is 1. The zero-order valence-electron chi connectivity index (χ0n) is 16.7. The van der Waals surface area contributed by atoms with Crippen LogP contribution in [0.1, 0.15) is 27.9 Å². The lowest BCUT2D eigenvalue weighted by Gasteiger charge is -2.11. The molecule has 0 aliphatic carbocycles. The van der Waals surface area contributed by atoms with E-state index in [1.165, 1.54) is 4.88 Å². The highest BCUT2D eigenvalue weighted by atomic mass is 127. The number of hydrogen-bond donors (Lipinski definition) is 2. The maximum absolute atomic E-state index is 5.91. The van der Waals surface area contributed by atoms with Gasteiger partial charge in [-0.3, -0.25) is 0 Å². The molecule has 0 saturated carbocycles. The fraction of sp³-hybridized carbons (Fsp3) is 0.273. The van der Waals surface area contributed by atoms with E-state index in [1.54, 1.807) is 11.3 Å². The lowest BCUT2D eigenvalue weighted by molar-refractivity contribution is 0.306. The van der Waals surface area contributed by atoms with Crippen LogP contribution < -0.4 is 15.4 Å². The van der Waals surface area contributed by atoms with Crippen LogP contribution in [0, 0.1) is 6.92 Å². The normalized spacial score (nSPS) is 10.9. The molecule has 0 spiro atoms. The third-order valence-electron chi connectivity index (χ3n) is 3.99. The largest absolute Gasteiger partial charge is 0.489 e. The first-order valence-corrected chi connectivity index (χ1v) is 10.2. The molecule has 2 N–H and O–H groups in total. The number of aryl methyl sites for hydroxylation is 1. The average Bonchev–Trinajstić information content (AvgIpc) is 3.15. The predicted octanol–water partition coefficient (Wildman–Crippen LogP) is 4.90. The molecule has 3 aromatic rings. The van der Waals surface area contributed by atoms with Crippen molar-refractivity contribution in [3.05, 3.63) is 81.8 Å². The minimum absolute atomic E-state index is 0. The van der Waals surface area contributed by atoms with Gasteiger partial charge in [0.25, 0.3) is 0 Å². The van der Waals surface area contributed by atoms with E-state index in [1.807, 2.05) is 42.6 Å². The summed E-state index contributed by atoms with van der Waals surface area (Å²) in [6.07, 6.45) is 1.90. The second-order valence-corrected chi connectivity index (χ2v) is 7.65. The number of nitrogens with one attached hydrogen (secondary N) is 2. The van der Waals surface area contributed by atoms with E-state index < -0.39 is 0 Å². The van der Waals surface area contributed by atoms with Crippen LogP contribution in [-0.4, -0.2) is 17.5 Å². The van der Waals surface area contributed by atoms with Crippen molar-refractivity contribution in [1.82, 2.24) is 15.6 Å². The maximum Gasteiger partial charge on any atom is 0.191 e. The molecule has 1 heterocycles. The molecule has 154 valence electrons. The Labute approximate surface area is 193 Å². The maximum atomic E-state index is 5.91. The van der Waals surface area contributed by atoms with Crippen molar-refractivity contribution < 1.29 is 4.74 Å². The Morgan fingerprint density at radius 1 is 1.07 bits per heavy atom. The first-order chi connectivity index (χ1) is 13.7. The van der Waals surface area contributed by atoms with Crippen LogP contribution in [0.5, 0.6) is 5.75 Å². The fourth-order valence-electron chi connectivity index (χ4n) is 2.63. The SMILES string of the molecule is CCNC(=NCc1cccc(OCc2ccccc2)c1)NCc1ncc(C)s1.I. The molecule has 0 aliphatic rings. The van der Waals surface area contributed by atoms with Gasteiger partial charge in [-0.05, 0) is 37.1 Å².